The fourth-order valence-electron chi connectivity index (χ4n) is 6.02. The Labute approximate surface area is 281 Å². The van der Waals surface area contributed by atoms with Crippen LogP contribution in [0.2, 0.25) is 0 Å². The van der Waals surface area contributed by atoms with Crippen LogP contribution in [0.25, 0.3) is 90.3 Å². The summed E-state index contributed by atoms with van der Waals surface area (Å²) >= 11 is 0. The molecule has 0 fully saturated rings. The molecule has 0 saturated carbocycles. The average Bonchev–Trinajstić information content (AvgIpc) is 3.57. The van der Waals surface area contributed by atoms with Crippen molar-refractivity contribution in [1.29, 1.82) is 0 Å². The lowest BCUT2D eigenvalue weighted by Gasteiger charge is -2.09. The van der Waals surface area contributed by atoms with Crippen LogP contribution in [0, 0.1) is 0 Å². The van der Waals surface area contributed by atoms with Gasteiger partial charge in [0.1, 0.15) is 11.2 Å². The van der Waals surface area contributed by atoms with E-state index < -0.39 is 0 Å². The van der Waals surface area contributed by atoms with Crippen molar-refractivity contribution >= 4 is 21.9 Å². The molecule has 0 unspecified atom stereocenters. The fraction of sp³-hybridized carbons (Fsp3) is 0. The first-order valence-electron chi connectivity index (χ1n) is 16.0. The van der Waals surface area contributed by atoms with Gasteiger partial charge in [0.25, 0.3) is 0 Å². The first kappa shape index (κ1) is 28.4. The van der Waals surface area contributed by atoms with E-state index in [9.17, 15) is 0 Å². The van der Waals surface area contributed by atoms with E-state index in [1.807, 2.05) is 152 Å². The Morgan fingerprint density at radius 2 is 0.714 bits per heavy atom. The van der Waals surface area contributed by atoms with Crippen molar-refractivity contribution in [2.75, 3.05) is 0 Å². The summed E-state index contributed by atoms with van der Waals surface area (Å²) in [6.45, 7) is 0. The van der Waals surface area contributed by atoms with Crippen molar-refractivity contribution in [3.05, 3.63) is 158 Å². The molecular weight excluding hydrogens is 605 g/mol. The lowest BCUT2D eigenvalue weighted by molar-refractivity contribution is 0.669. The second-order valence-electron chi connectivity index (χ2n) is 11.6. The molecule has 3 heterocycles. The number of benzene rings is 6. The van der Waals surface area contributed by atoms with Crippen LogP contribution >= 0.6 is 0 Å². The minimum atomic E-state index is 0.560. The van der Waals surface area contributed by atoms with E-state index in [4.69, 9.17) is 34.3 Å². The first-order chi connectivity index (χ1) is 24.3. The van der Waals surface area contributed by atoms with E-state index in [2.05, 4.69) is 6.07 Å². The average molecular weight is 631 g/mol. The largest absolute Gasteiger partial charge is 0.456 e. The number of hydrogen-bond donors (Lipinski definition) is 0. The number of fused-ring (bicyclic) bond motifs is 3. The summed E-state index contributed by atoms with van der Waals surface area (Å²) in [6, 6.07) is 51.9. The SMILES string of the molecule is c1ccc(-c2nc(-c3ccccc3)nc(-c3ccc4oc5cccc(-c6nc(-c7ccccc7)nc(-c7ccccc7)n6)c5c4c3)n2)cc1. The van der Waals surface area contributed by atoms with Crippen LogP contribution in [-0.2, 0) is 0 Å². The van der Waals surface area contributed by atoms with Gasteiger partial charge in [0.05, 0.1) is 0 Å². The first-order valence-corrected chi connectivity index (χ1v) is 16.0. The molecule has 0 amide bonds. The number of aromatic nitrogens is 6. The molecule has 9 rings (SSSR count). The molecule has 0 saturated heterocycles. The molecule has 7 heteroatoms. The molecule has 0 bridgehead atoms. The van der Waals surface area contributed by atoms with Crippen LogP contribution < -0.4 is 0 Å². The highest BCUT2D eigenvalue weighted by Crippen LogP contribution is 2.38. The van der Waals surface area contributed by atoms with Gasteiger partial charge in [-0.3, -0.25) is 0 Å². The van der Waals surface area contributed by atoms with Crippen LogP contribution in [0.4, 0.5) is 0 Å². The summed E-state index contributed by atoms with van der Waals surface area (Å²) in [5.41, 5.74) is 6.81. The highest BCUT2D eigenvalue weighted by atomic mass is 16.3. The van der Waals surface area contributed by atoms with E-state index in [0.717, 1.165) is 55.3 Å². The molecule has 0 aliphatic heterocycles. The maximum atomic E-state index is 6.40. The molecule has 49 heavy (non-hydrogen) atoms. The Bertz CT molecular complexity index is 2470. The zero-order valence-corrected chi connectivity index (χ0v) is 26.1. The monoisotopic (exact) mass is 630 g/mol. The second kappa shape index (κ2) is 12.1. The predicted octanol–water partition coefficient (Wildman–Crippen LogP) is 9.96. The molecular formula is C42H26N6O. The standard InChI is InChI=1S/C42H26N6O/c1-5-14-27(15-6-1)37-43-38(28-16-7-2-8-17-28)46-41(45-37)31-24-25-34-33(26-31)36-32(22-13-23-35(36)49-34)42-47-39(29-18-9-3-10-19-29)44-40(48-42)30-20-11-4-12-21-30/h1-26H. The molecule has 6 aromatic carbocycles. The zero-order valence-electron chi connectivity index (χ0n) is 26.1. The van der Waals surface area contributed by atoms with E-state index >= 15 is 0 Å². The van der Waals surface area contributed by atoms with Crippen molar-refractivity contribution < 1.29 is 4.42 Å². The van der Waals surface area contributed by atoms with Gasteiger partial charge in [-0.1, -0.05) is 133 Å². The minimum Gasteiger partial charge on any atom is -0.456 e. The molecule has 7 nitrogen and oxygen atoms in total. The van der Waals surface area contributed by atoms with Gasteiger partial charge >= 0.3 is 0 Å². The lowest BCUT2D eigenvalue weighted by Crippen LogP contribution is -2.00. The van der Waals surface area contributed by atoms with Gasteiger partial charge in [0.15, 0.2) is 34.9 Å². The fourth-order valence-corrected chi connectivity index (χ4v) is 6.02. The van der Waals surface area contributed by atoms with E-state index in [1.165, 1.54) is 0 Å². The van der Waals surface area contributed by atoms with Gasteiger partial charge in [-0.2, -0.15) is 0 Å². The van der Waals surface area contributed by atoms with Crippen LogP contribution in [0.1, 0.15) is 0 Å². The molecule has 0 radical (unpaired) electrons. The van der Waals surface area contributed by atoms with Gasteiger partial charge in [-0.15, -0.1) is 0 Å². The zero-order chi connectivity index (χ0) is 32.6. The summed E-state index contributed by atoms with van der Waals surface area (Å²) in [5, 5.41) is 1.82. The van der Waals surface area contributed by atoms with Gasteiger partial charge in [-0.25, -0.2) is 29.9 Å². The van der Waals surface area contributed by atoms with E-state index in [1.54, 1.807) is 0 Å². The van der Waals surface area contributed by atoms with Crippen LogP contribution in [0.5, 0.6) is 0 Å². The van der Waals surface area contributed by atoms with Crippen molar-refractivity contribution in [1.82, 2.24) is 29.9 Å². The molecule has 0 aliphatic rings. The maximum Gasteiger partial charge on any atom is 0.164 e. The highest BCUT2D eigenvalue weighted by molar-refractivity contribution is 6.12. The molecule has 230 valence electrons. The van der Waals surface area contributed by atoms with E-state index in [-0.39, 0.29) is 0 Å². The Morgan fingerprint density at radius 3 is 1.16 bits per heavy atom. The lowest BCUT2D eigenvalue weighted by atomic mass is 10.0. The van der Waals surface area contributed by atoms with Crippen molar-refractivity contribution in [2.45, 2.75) is 0 Å². The Hall–Kier alpha value is -6.86. The molecule has 0 spiro atoms. The molecule has 0 aliphatic carbocycles. The smallest absolute Gasteiger partial charge is 0.164 e. The quantitative estimate of drug-likeness (QED) is 0.181. The van der Waals surface area contributed by atoms with Gasteiger partial charge < -0.3 is 4.42 Å². The predicted molar refractivity (Wildman–Crippen MR) is 193 cm³/mol. The Morgan fingerprint density at radius 1 is 0.306 bits per heavy atom. The third kappa shape index (κ3) is 5.39. The summed E-state index contributed by atoms with van der Waals surface area (Å²) in [5.74, 6) is 3.54. The molecule has 3 aromatic heterocycles. The van der Waals surface area contributed by atoms with Crippen LogP contribution in [0.15, 0.2) is 162 Å². The Balaban J connectivity index is 1.25. The Kier molecular flexibility index (Phi) is 6.98. The number of furan rings is 1. The molecule has 0 N–H and O–H groups in total. The topological polar surface area (TPSA) is 90.5 Å². The maximum absolute atomic E-state index is 6.40. The molecule has 9 aromatic rings. The number of rotatable bonds is 6. The third-order valence-corrected chi connectivity index (χ3v) is 8.39. The highest BCUT2D eigenvalue weighted by Gasteiger charge is 2.19. The summed E-state index contributed by atoms with van der Waals surface area (Å²) in [7, 11) is 0. The van der Waals surface area contributed by atoms with Gasteiger partial charge in [-0.05, 0) is 24.3 Å². The third-order valence-electron chi connectivity index (χ3n) is 8.39. The summed E-state index contributed by atoms with van der Waals surface area (Å²) in [6.07, 6.45) is 0. The van der Waals surface area contributed by atoms with Gasteiger partial charge in [0.2, 0.25) is 0 Å². The number of hydrogen-bond acceptors (Lipinski definition) is 7. The number of nitrogens with zero attached hydrogens (tertiary/aromatic N) is 6. The van der Waals surface area contributed by atoms with Crippen molar-refractivity contribution in [2.24, 2.45) is 0 Å². The van der Waals surface area contributed by atoms with Crippen LogP contribution in [-0.4, -0.2) is 29.9 Å². The normalized spacial score (nSPS) is 11.3. The van der Waals surface area contributed by atoms with Crippen LogP contribution in [0.3, 0.4) is 0 Å². The van der Waals surface area contributed by atoms with Gasteiger partial charge in [0, 0.05) is 44.2 Å². The van der Waals surface area contributed by atoms with Crippen molar-refractivity contribution in [3.63, 3.8) is 0 Å². The summed E-state index contributed by atoms with van der Waals surface area (Å²) in [4.78, 5) is 29.7. The van der Waals surface area contributed by atoms with Crippen molar-refractivity contribution in [3.8, 4) is 68.3 Å². The molecule has 0 atom stereocenters. The van der Waals surface area contributed by atoms with E-state index in [0.29, 0.717) is 34.9 Å². The minimum absolute atomic E-state index is 0.560. The summed E-state index contributed by atoms with van der Waals surface area (Å²) < 4.78 is 6.40. The second-order valence-corrected chi connectivity index (χ2v) is 11.6.